The zero-order valence-electron chi connectivity index (χ0n) is 14.9. The summed E-state index contributed by atoms with van der Waals surface area (Å²) in [7, 11) is 0. The second kappa shape index (κ2) is 8.06. The van der Waals surface area contributed by atoms with E-state index in [-0.39, 0.29) is 31.4 Å². The number of carbonyl (C=O) groups is 2. The van der Waals surface area contributed by atoms with Crippen molar-refractivity contribution < 1.29 is 19.1 Å². The van der Waals surface area contributed by atoms with Crippen molar-refractivity contribution in [2.75, 3.05) is 26.3 Å². The number of primary amides is 1. The Labute approximate surface area is 153 Å². The number of amides is 2. The minimum absolute atomic E-state index is 0.0125. The molecule has 0 radical (unpaired) electrons. The Bertz CT molecular complexity index is 650. The quantitative estimate of drug-likeness (QED) is 0.834. The number of hydrogen-bond donors (Lipinski definition) is 1. The lowest BCUT2D eigenvalue weighted by atomic mass is 9.96. The lowest BCUT2D eigenvalue weighted by molar-refractivity contribution is -0.163. The first kappa shape index (κ1) is 19.5. The molecule has 0 aliphatic carbocycles. The highest BCUT2D eigenvalue weighted by Gasteiger charge is 2.41. The Balaban J connectivity index is 2.14. The van der Waals surface area contributed by atoms with Gasteiger partial charge in [-0.15, -0.1) is 0 Å². The topological polar surface area (TPSA) is 81.9 Å². The summed E-state index contributed by atoms with van der Waals surface area (Å²) in [5, 5.41) is 0.654. The van der Waals surface area contributed by atoms with Crippen LogP contribution in [-0.4, -0.2) is 48.6 Å². The van der Waals surface area contributed by atoms with Gasteiger partial charge in [0.2, 0.25) is 11.8 Å². The molecule has 2 amide bonds. The third kappa shape index (κ3) is 5.09. The van der Waals surface area contributed by atoms with Crippen LogP contribution in [0.25, 0.3) is 0 Å². The number of ether oxygens (including phenoxy) is 2. The van der Waals surface area contributed by atoms with Crippen molar-refractivity contribution in [3.05, 3.63) is 28.8 Å². The van der Waals surface area contributed by atoms with Gasteiger partial charge in [-0.05, 0) is 30.7 Å². The van der Waals surface area contributed by atoms with Crippen molar-refractivity contribution in [3.63, 3.8) is 0 Å². The minimum atomic E-state index is -0.942. The van der Waals surface area contributed by atoms with Crippen molar-refractivity contribution in [1.82, 2.24) is 4.90 Å². The minimum Gasteiger partial charge on any atom is -0.490 e. The van der Waals surface area contributed by atoms with E-state index in [0.717, 1.165) is 5.56 Å². The highest BCUT2D eigenvalue weighted by molar-refractivity contribution is 6.31. The van der Waals surface area contributed by atoms with E-state index in [4.69, 9.17) is 26.8 Å². The Morgan fingerprint density at radius 3 is 2.76 bits per heavy atom. The number of halogens is 1. The van der Waals surface area contributed by atoms with Crippen LogP contribution in [0.2, 0.25) is 5.02 Å². The van der Waals surface area contributed by atoms with Crippen LogP contribution in [0.4, 0.5) is 0 Å². The third-order valence-electron chi connectivity index (χ3n) is 4.18. The molecular weight excluding hydrogens is 344 g/mol. The maximum atomic E-state index is 12.3. The van der Waals surface area contributed by atoms with Crippen LogP contribution in [0.5, 0.6) is 5.75 Å². The molecule has 1 heterocycles. The first-order valence-corrected chi connectivity index (χ1v) is 8.70. The number of aryl methyl sites for hydroxylation is 1. The van der Waals surface area contributed by atoms with Crippen molar-refractivity contribution in [1.29, 1.82) is 0 Å². The fourth-order valence-corrected chi connectivity index (χ4v) is 3.00. The van der Waals surface area contributed by atoms with Crippen LogP contribution in [0.1, 0.15) is 25.8 Å². The van der Waals surface area contributed by atoms with E-state index in [2.05, 4.69) is 0 Å². The highest BCUT2D eigenvalue weighted by atomic mass is 35.5. The smallest absolute Gasteiger partial charge is 0.225 e. The van der Waals surface area contributed by atoms with Gasteiger partial charge in [0.25, 0.3) is 0 Å². The van der Waals surface area contributed by atoms with E-state index in [0.29, 0.717) is 23.9 Å². The molecule has 1 saturated heterocycles. The molecule has 0 unspecified atom stereocenters. The van der Waals surface area contributed by atoms with E-state index < -0.39 is 11.5 Å². The van der Waals surface area contributed by atoms with Gasteiger partial charge < -0.3 is 20.1 Å². The van der Waals surface area contributed by atoms with Gasteiger partial charge in [-0.25, -0.2) is 0 Å². The van der Waals surface area contributed by atoms with Gasteiger partial charge in [0.05, 0.1) is 19.6 Å². The Kier molecular flexibility index (Phi) is 6.30. The molecule has 6 nitrogen and oxygen atoms in total. The molecule has 1 aromatic rings. The van der Waals surface area contributed by atoms with E-state index in [1.54, 1.807) is 17.0 Å². The van der Waals surface area contributed by atoms with Gasteiger partial charge in [-0.1, -0.05) is 25.4 Å². The molecule has 0 aromatic heterocycles. The Morgan fingerprint density at radius 1 is 1.44 bits per heavy atom. The molecule has 1 aromatic carbocycles. The second-order valence-corrected chi connectivity index (χ2v) is 7.20. The fraction of sp³-hybridized carbons (Fsp3) is 0.556. The van der Waals surface area contributed by atoms with Gasteiger partial charge in [0.1, 0.15) is 18.0 Å². The number of carbonyl (C=O) groups excluding carboxylic acids is 2. The van der Waals surface area contributed by atoms with E-state index in [9.17, 15) is 9.59 Å². The Hall–Kier alpha value is -1.79. The van der Waals surface area contributed by atoms with Crippen LogP contribution in [0.3, 0.4) is 0 Å². The average molecular weight is 369 g/mol. The largest absolute Gasteiger partial charge is 0.490 e. The molecule has 2 rings (SSSR count). The average Bonchev–Trinajstić information content (AvgIpc) is 2.55. The number of morpholine rings is 1. The summed E-state index contributed by atoms with van der Waals surface area (Å²) < 4.78 is 11.7. The zero-order chi connectivity index (χ0) is 18.6. The molecule has 0 bridgehead atoms. The SMILES string of the molecule is Cc1cc(OC[C@@]2(CC(N)=O)CN(C(=O)C(C)C)CCO2)ccc1Cl. The van der Waals surface area contributed by atoms with Gasteiger partial charge in [0, 0.05) is 17.5 Å². The zero-order valence-corrected chi connectivity index (χ0v) is 15.6. The van der Waals surface area contributed by atoms with Crippen LogP contribution >= 0.6 is 11.6 Å². The molecule has 1 aliphatic heterocycles. The van der Waals surface area contributed by atoms with Crippen LogP contribution in [-0.2, 0) is 14.3 Å². The summed E-state index contributed by atoms with van der Waals surface area (Å²) in [6.45, 7) is 6.82. The predicted octanol–water partition coefficient (Wildman–Crippen LogP) is 2.16. The van der Waals surface area contributed by atoms with Crippen molar-refractivity contribution in [2.24, 2.45) is 11.7 Å². The molecule has 25 heavy (non-hydrogen) atoms. The molecule has 138 valence electrons. The molecule has 0 saturated carbocycles. The molecule has 1 atom stereocenters. The Morgan fingerprint density at radius 2 is 2.16 bits per heavy atom. The molecule has 7 heteroatoms. The standard InChI is InChI=1S/C18H25ClN2O4/c1-12(2)17(23)21-6-7-25-18(10-21,9-16(20)22)11-24-14-4-5-15(19)13(3)8-14/h4-5,8,12H,6-7,9-11H2,1-3H3,(H2,20,22)/t18-/m1/s1. The van der Waals surface area contributed by atoms with E-state index in [1.165, 1.54) is 0 Å². The van der Waals surface area contributed by atoms with Crippen molar-refractivity contribution >= 4 is 23.4 Å². The monoisotopic (exact) mass is 368 g/mol. The van der Waals surface area contributed by atoms with Crippen LogP contribution < -0.4 is 10.5 Å². The van der Waals surface area contributed by atoms with Gasteiger partial charge in [0.15, 0.2) is 0 Å². The summed E-state index contributed by atoms with van der Waals surface area (Å²) in [6, 6.07) is 5.33. The van der Waals surface area contributed by atoms with E-state index >= 15 is 0 Å². The summed E-state index contributed by atoms with van der Waals surface area (Å²) >= 11 is 6.02. The van der Waals surface area contributed by atoms with Gasteiger partial charge >= 0.3 is 0 Å². The number of nitrogens with two attached hydrogens (primary N) is 1. The first-order chi connectivity index (χ1) is 11.7. The number of benzene rings is 1. The number of hydrogen-bond acceptors (Lipinski definition) is 4. The number of rotatable bonds is 6. The molecule has 1 fully saturated rings. The third-order valence-corrected chi connectivity index (χ3v) is 4.61. The van der Waals surface area contributed by atoms with Crippen LogP contribution in [0.15, 0.2) is 18.2 Å². The van der Waals surface area contributed by atoms with Gasteiger partial charge in [-0.2, -0.15) is 0 Å². The summed E-state index contributed by atoms with van der Waals surface area (Å²) in [4.78, 5) is 25.6. The molecule has 1 aliphatic rings. The lowest BCUT2D eigenvalue weighted by Gasteiger charge is -2.42. The fourth-order valence-electron chi connectivity index (χ4n) is 2.88. The van der Waals surface area contributed by atoms with Crippen molar-refractivity contribution in [2.45, 2.75) is 32.8 Å². The summed E-state index contributed by atoms with van der Waals surface area (Å²) in [5.74, 6) is 0.0417. The lowest BCUT2D eigenvalue weighted by Crippen LogP contribution is -2.58. The summed E-state index contributed by atoms with van der Waals surface area (Å²) in [5.41, 5.74) is 5.36. The maximum absolute atomic E-state index is 12.3. The first-order valence-electron chi connectivity index (χ1n) is 8.32. The second-order valence-electron chi connectivity index (χ2n) is 6.79. The van der Waals surface area contributed by atoms with Crippen molar-refractivity contribution in [3.8, 4) is 5.75 Å². The normalized spacial score (nSPS) is 20.6. The molecular formula is C18H25ClN2O4. The van der Waals surface area contributed by atoms with Gasteiger partial charge in [-0.3, -0.25) is 9.59 Å². The molecule has 2 N–H and O–H groups in total. The molecule has 0 spiro atoms. The number of nitrogens with zero attached hydrogens (tertiary/aromatic N) is 1. The predicted molar refractivity (Wildman–Crippen MR) is 95.6 cm³/mol. The van der Waals surface area contributed by atoms with Crippen LogP contribution in [0, 0.1) is 12.8 Å². The highest BCUT2D eigenvalue weighted by Crippen LogP contribution is 2.27. The summed E-state index contributed by atoms with van der Waals surface area (Å²) in [6.07, 6.45) is -0.0125. The maximum Gasteiger partial charge on any atom is 0.225 e. The van der Waals surface area contributed by atoms with E-state index in [1.807, 2.05) is 26.8 Å².